The summed E-state index contributed by atoms with van der Waals surface area (Å²) in [5, 5.41) is 0.612. The van der Waals surface area contributed by atoms with Crippen molar-refractivity contribution in [2.24, 2.45) is 0 Å². The fraction of sp³-hybridized carbons (Fsp3) is 0.308. The quantitative estimate of drug-likeness (QED) is 0.837. The van der Waals surface area contributed by atoms with Crippen molar-refractivity contribution in [1.82, 2.24) is 9.29 Å². The number of anilines is 1. The number of ether oxygens (including phenoxy) is 1. The summed E-state index contributed by atoms with van der Waals surface area (Å²) in [5.41, 5.74) is 1.86. The van der Waals surface area contributed by atoms with E-state index in [1.54, 1.807) is 12.1 Å². The second kappa shape index (κ2) is 5.38. The Hall–Kier alpha value is -2.06. The average Bonchev–Trinajstić information content (AvgIpc) is 2.75. The molecule has 0 atom stereocenters. The van der Waals surface area contributed by atoms with Gasteiger partial charge in [0.2, 0.25) is 0 Å². The van der Waals surface area contributed by atoms with Crippen molar-refractivity contribution in [2.45, 2.75) is 6.92 Å². The maximum atomic E-state index is 12.0. The number of aromatic nitrogens is 1. The number of methoxy groups -OCH3 is 1. The molecule has 8 heteroatoms. The molecular weight excluding hydrogens is 294 g/mol. The SMILES string of the molecule is COC(=O)c1[nH]c2ccc(C)cc2c1NS(=O)(=O)N(C)C. The van der Waals surface area contributed by atoms with E-state index in [2.05, 4.69) is 9.71 Å². The van der Waals surface area contributed by atoms with Gasteiger partial charge in [0.25, 0.3) is 0 Å². The molecule has 0 bridgehead atoms. The number of hydrogen-bond donors (Lipinski definition) is 2. The molecule has 2 aromatic rings. The zero-order valence-electron chi connectivity index (χ0n) is 12.2. The van der Waals surface area contributed by atoms with Gasteiger partial charge in [-0.1, -0.05) is 11.6 Å². The summed E-state index contributed by atoms with van der Waals surface area (Å²) in [6.07, 6.45) is 0. The van der Waals surface area contributed by atoms with Crippen LogP contribution < -0.4 is 4.72 Å². The summed E-state index contributed by atoms with van der Waals surface area (Å²) in [5.74, 6) is -0.639. The lowest BCUT2D eigenvalue weighted by atomic mass is 10.1. The van der Waals surface area contributed by atoms with Crippen molar-refractivity contribution in [3.63, 3.8) is 0 Å². The van der Waals surface area contributed by atoms with Gasteiger partial charge in [-0.25, -0.2) is 4.79 Å². The fourth-order valence-corrected chi connectivity index (χ4v) is 2.54. The number of carbonyl (C=O) groups excluding carboxylic acids is 1. The molecule has 0 amide bonds. The minimum absolute atomic E-state index is 0.0727. The van der Waals surface area contributed by atoms with E-state index >= 15 is 0 Å². The summed E-state index contributed by atoms with van der Waals surface area (Å²) in [6, 6.07) is 5.44. The van der Waals surface area contributed by atoms with Crippen LogP contribution in [0.5, 0.6) is 0 Å². The molecular formula is C13H17N3O4S. The molecule has 0 unspecified atom stereocenters. The first kappa shape index (κ1) is 15.3. The standard InChI is InChI=1S/C13H17N3O4S/c1-8-5-6-10-9(7-8)11(12(14-10)13(17)20-4)15-21(18,19)16(2)3/h5-7,14-15H,1-4H3. The summed E-state index contributed by atoms with van der Waals surface area (Å²) in [4.78, 5) is 14.7. The molecule has 0 radical (unpaired) electrons. The van der Waals surface area contributed by atoms with Crippen LogP contribution >= 0.6 is 0 Å². The molecule has 2 rings (SSSR count). The second-order valence-corrected chi connectivity index (χ2v) is 6.69. The van der Waals surface area contributed by atoms with E-state index in [1.807, 2.05) is 13.0 Å². The highest BCUT2D eigenvalue weighted by Crippen LogP contribution is 2.30. The van der Waals surface area contributed by atoms with Gasteiger partial charge in [-0.3, -0.25) is 4.72 Å². The number of benzene rings is 1. The molecule has 7 nitrogen and oxygen atoms in total. The van der Waals surface area contributed by atoms with E-state index in [1.165, 1.54) is 21.2 Å². The number of carbonyl (C=O) groups is 1. The lowest BCUT2D eigenvalue weighted by molar-refractivity contribution is 0.0596. The number of nitrogens with zero attached hydrogens (tertiary/aromatic N) is 1. The Morgan fingerprint density at radius 1 is 1.33 bits per heavy atom. The highest BCUT2D eigenvalue weighted by Gasteiger charge is 2.23. The van der Waals surface area contributed by atoms with E-state index in [0.717, 1.165) is 9.87 Å². The third kappa shape index (κ3) is 2.86. The van der Waals surface area contributed by atoms with E-state index in [0.29, 0.717) is 10.9 Å². The lowest BCUT2D eigenvalue weighted by Gasteiger charge is -2.13. The number of aromatic amines is 1. The predicted molar refractivity (Wildman–Crippen MR) is 80.6 cm³/mol. The Morgan fingerprint density at radius 3 is 2.57 bits per heavy atom. The van der Waals surface area contributed by atoms with Crippen LogP contribution in [0.4, 0.5) is 5.69 Å². The van der Waals surface area contributed by atoms with Gasteiger partial charge in [0.1, 0.15) is 0 Å². The zero-order chi connectivity index (χ0) is 15.8. The van der Waals surface area contributed by atoms with Crippen molar-refractivity contribution in [3.8, 4) is 0 Å². The van der Waals surface area contributed by atoms with E-state index in [-0.39, 0.29) is 11.4 Å². The topological polar surface area (TPSA) is 91.5 Å². The Kier molecular flexibility index (Phi) is 3.93. The van der Waals surface area contributed by atoms with Crippen LogP contribution in [0.25, 0.3) is 10.9 Å². The van der Waals surface area contributed by atoms with Gasteiger partial charge >= 0.3 is 16.2 Å². The van der Waals surface area contributed by atoms with Gasteiger partial charge in [0, 0.05) is 25.0 Å². The maximum absolute atomic E-state index is 12.0. The van der Waals surface area contributed by atoms with Crippen LogP contribution in [0.15, 0.2) is 18.2 Å². The van der Waals surface area contributed by atoms with Gasteiger partial charge in [-0.15, -0.1) is 0 Å². The Balaban J connectivity index is 2.68. The van der Waals surface area contributed by atoms with Gasteiger partial charge < -0.3 is 9.72 Å². The van der Waals surface area contributed by atoms with E-state index in [4.69, 9.17) is 4.74 Å². The molecule has 0 saturated heterocycles. The summed E-state index contributed by atoms with van der Waals surface area (Å²) in [6.45, 7) is 1.88. The molecule has 114 valence electrons. The molecule has 2 N–H and O–H groups in total. The van der Waals surface area contributed by atoms with Crippen molar-refractivity contribution >= 4 is 32.8 Å². The first-order valence-corrected chi connectivity index (χ1v) is 7.61. The molecule has 21 heavy (non-hydrogen) atoms. The van der Waals surface area contributed by atoms with Crippen LogP contribution in [-0.4, -0.2) is 44.9 Å². The molecule has 0 fully saturated rings. The first-order chi connectivity index (χ1) is 9.76. The lowest BCUT2D eigenvalue weighted by Crippen LogP contribution is -2.29. The van der Waals surface area contributed by atoms with Gasteiger partial charge in [0.15, 0.2) is 5.69 Å². The molecule has 1 aromatic carbocycles. The normalized spacial score (nSPS) is 11.9. The van der Waals surface area contributed by atoms with Gasteiger partial charge in [-0.2, -0.15) is 12.7 Å². The number of nitrogens with one attached hydrogen (secondary N) is 2. The average molecular weight is 311 g/mol. The molecule has 1 aromatic heterocycles. The monoisotopic (exact) mass is 311 g/mol. The summed E-state index contributed by atoms with van der Waals surface area (Å²) in [7, 11) is 0.311. The van der Waals surface area contributed by atoms with Gasteiger partial charge in [-0.05, 0) is 19.1 Å². The van der Waals surface area contributed by atoms with Crippen LogP contribution in [0.1, 0.15) is 16.1 Å². The Labute approximate surface area is 123 Å². The third-order valence-electron chi connectivity index (χ3n) is 3.06. The van der Waals surface area contributed by atoms with Gasteiger partial charge in [0.05, 0.1) is 12.8 Å². The van der Waals surface area contributed by atoms with Crippen LogP contribution in [-0.2, 0) is 14.9 Å². The summed E-state index contributed by atoms with van der Waals surface area (Å²) >= 11 is 0. The number of hydrogen-bond acceptors (Lipinski definition) is 4. The van der Waals surface area contributed by atoms with Crippen molar-refractivity contribution in [1.29, 1.82) is 0 Å². The fourth-order valence-electron chi connectivity index (χ4n) is 1.89. The Bertz CT molecular complexity index is 793. The largest absolute Gasteiger partial charge is 0.464 e. The second-order valence-electron chi connectivity index (χ2n) is 4.81. The van der Waals surface area contributed by atoms with Crippen LogP contribution in [0.2, 0.25) is 0 Å². The smallest absolute Gasteiger partial charge is 0.356 e. The van der Waals surface area contributed by atoms with E-state index in [9.17, 15) is 13.2 Å². The molecule has 0 aliphatic rings. The molecule has 0 saturated carbocycles. The highest BCUT2D eigenvalue weighted by atomic mass is 32.2. The Morgan fingerprint density at radius 2 is 2.00 bits per heavy atom. The number of rotatable bonds is 4. The zero-order valence-corrected chi connectivity index (χ0v) is 13.0. The van der Waals surface area contributed by atoms with Crippen LogP contribution in [0.3, 0.4) is 0 Å². The molecule has 0 spiro atoms. The molecule has 0 aliphatic carbocycles. The van der Waals surface area contributed by atoms with Crippen molar-refractivity contribution in [2.75, 3.05) is 25.9 Å². The van der Waals surface area contributed by atoms with Crippen LogP contribution in [0, 0.1) is 6.92 Å². The number of aryl methyl sites for hydroxylation is 1. The number of esters is 1. The molecule has 1 heterocycles. The number of H-pyrrole nitrogens is 1. The minimum atomic E-state index is -3.73. The first-order valence-electron chi connectivity index (χ1n) is 6.17. The summed E-state index contributed by atoms with van der Waals surface area (Å²) < 4.78 is 32.2. The highest BCUT2D eigenvalue weighted by molar-refractivity contribution is 7.90. The van der Waals surface area contributed by atoms with Crippen molar-refractivity contribution in [3.05, 3.63) is 29.5 Å². The third-order valence-corrected chi connectivity index (χ3v) is 4.48. The minimum Gasteiger partial charge on any atom is -0.464 e. The van der Waals surface area contributed by atoms with Crippen molar-refractivity contribution < 1.29 is 17.9 Å². The number of fused-ring (bicyclic) bond motifs is 1. The maximum Gasteiger partial charge on any atom is 0.356 e. The molecule has 0 aliphatic heterocycles. The van der Waals surface area contributed by atoms with E-state index < -0.39 is 16.2 Å². The predicted octanol–water partition coefficient (Wildman–Crippen LogP) is 1.48.